The second kappa shape index (κ2) is 10.1. The molecule has 1 atom stereocenters. The molecule has 214 valence electrons. The Kier molecular flexibility index (Phi) is 6.50. The quantitative estimate of drug-likeness (QED) is 0.183. The number of thiophene rings is 1. The van der Waals surface area contributed by atoms with Crippen molar-refractivity contribution in [2.45, 2.75) is 67.5 Å². The third kappa shape index (κ3) is 4.27. The van der Waals surface area contributed by atoms with Gasteiger partial charge in [0.15, 0.2) is 0 Å². The number of hydrogen-bond donors (Lipinski definition) is 3. The van der Waals surface area contributed by atoms with Gasteiger partial charge in [-0.05, 0) is 85.0 Å². The molecule has 0 bridgehead atoms. The monoisotopic (exact) mass is 573 g/mol. The molecular formula is C36H39N5S. The molecule has 0 spiro atoms. The van der Waals surface area contributed by atoms with Crippen LogP contribution in [-0.4, -0.2) is 16.4 Å². The number of anilines is 1. The van der Waals surface area contributed by atoms with E-state index >= 15 is 0 Å². The summed E-state index contributed by atoms with van der Waals surface area (Å²) in [6.45, 7) is 15.6. The lowest BCUT2D eigenvalue weighted by Crippen LogP contribution is -2.37. The summed E-state index contributed by atoms with van der Waals surface area (Å²) in [4.78, 5) is 1.30. The first-order valence-electron chi connectivity index (χ1n) is 15.1. The van der Waals surface area contributed by atoms with Crippen LogP contribution in [0.5, 0.6) is 0 Å². The van der Waals surface area contributed by atoms with Crippen LogP contribution in [0.25, 0.3) is 47.8 Å². The average molecular weight is 574 g/mol. The maximum atomic E-state index is 4.29. The average Bonchev–Trinajstić information content (AvgIpc) is 3.62. The van der Waals surface area contributed by atoms with E-state index in [1.165, 1.54) is 70.7 Å². The number of nitrogens with zero attached hydrogens (tertiary/aromatic N) is 2. The molecule has 3 N–H and O–H groups in total. The van der Waals surface area contributed by atoms with Crippen molar-refractivity contribution in [3.05, 3.63) is 82.4 Å². The van der Waals surface area contributed by atoms with Crippen LogP contribution in [0.4, 0.5) is 5.69 Å². The van der Waals surface area contributed by atoms with Crippen LogP contribution in [0.1, 0.15) is 64.7 Å². The Morgan fingerprint density at radius 1 is 0.905 bits per heavy atom. The summed E-state index contributed by atoms with van der Waals surface area (Å²) in [6.07, 6.45) is 6.27. The van der Waals surface area contributed by atoms with Crippen LogP contribution in [-0.2, 0) is 6.42 Å². The van der Waals surface area contributed by atoms with Crippen molar-refractivity contribution in [3.63, 3.8) is 0 Å². The normalized spacial score (nSPS) is 16.3. The van der Waals surface area contributed by atoms with Crippen LogP contribution in [0.15, 0.2) is 65.8 Å². The molecule has 5 aromatic rings. The first-order valence-corrected chi connectivity index (χ1v) is 16.0. The first-order chi connectivity index (χ1) is 20.2. The Morgan fingerprint density at radius 3 is 2.43 bits per heavy atom. The Labute approximate surface area is 252 Å². The van der Waals surface area contributed by atoms with E-state index in [2.05, 4.69) is 111 Å². The minimum Gasteiger partial charge on any atom is -0.367 e. The second-order valence-corrected chi connectivity index (χ2v) is 13.8. The molecule has 1 aliphatic heterocycles. The smallest absolute Gasteiger partial charge is 0.0986 e. The van der Waals surface area contributed by atoms with Crippen LogP contribution in [0.3, 0.4) is 0 Å². The molecule has 0 fully saturated rings. The minimum absolute atomic E-state index is 0.309. The van der Waals surface area contributed by atoms with Gasteiger partial charge in [0, 0.05) is 48.4 Å². The molecule has 2 aromatic heterocycles. The van der Waals surface area contributed by atoms with E-state index in [0.717, 1.165) is 29.3 Å². The molecule has 3 heterocycles. The molecule has 6 heteroatoms. The topological polar surface area (TPSA) is 61.9 Å². The highest BCUT2D eigenvalue weighted by atomic mass is 32.1. The summed E-state index contributed by atoms with van der Waals surface area (Å²) < 4.78 is 1.41. The lowest BCUT2D eigenvalue weighted by atomic mass is 9.92. The number of aryl methyl sites for hydroxylation is 2. The number of rotatable bonds is 5. The van der Waals surface area contributed by atoms with Gasteiger partial charge in [-0.25, -0.2) is 0 Å². The van der Waals surface area contributed by atoms with E-state index in [9.17, 15) is 0 Å². The van der Waals surface area contributed by atoms with Crippen molar-refractivity contribution >= 4 is 54.4 Å². The van der Waals surface area contributed by atoms with Crippen molar-refractivity contribution in [3.8, 4) is 10.4 Å². The molecule has 0 saturated heterocycles. The third-order valence-electron chi connectivity index (χ3n) is 9.03. The Balaban J connectivity index is 1.36. The van der Waals surface area contributed by atoms with E-state index < -0.39 is 0 Å². The van der Waals surface area contributed by atoms with Gasteiger partial charge in [-0.15, -0.1) is 11.3 Å². The third-order valence-corrected chi connectivity index (χ3v) is 10.3. The number of fused-ring (bicyclic) bond motifs is 7. The fraction of sp³-hybridized carbons (Fsp3) is 0.333. The van der Waals surface area contributed by atoms with Crippen molar-refractivity contribution in [2.24, 2.45) is 11.8 Å². The Bertz CT molecular complexity index is 1960. The fourth-order valence-electron chi connectivity index (χ4n) is 6.80. The van der Waals surface area contributed by atoms with Gasteiger partial charge in [0.1, 0.15) is 0 Å². The van der Waals surface area contributed by atoms with Gasteiger partial charge in [-0.2, -0.15) is 10.2 Å². The molecule has 1 unspecified atom stereocenters. The molecule has 3 aromatic carbocycles. The van der Waals surface area contributed by atoms with Gasteiger partial charge in [-0.1, -0.05) is 57.5 Å². The van der Waals surface area contributed by atoms with E-state index in [1.54, 1.807) is 0 Å². The van der Waals surface area contributed by atoms with E-state index in [0.29, 0.717) is 18.0 Å². The number of benzene rings is 3. The molecular weight excluding hydrogens is 534 g/mol. The van der Waals surface area contributed by atoms with E-state index in [-0.39, 0.29) is 0 Å². The summed E-state index contributed by atoms with van der Waals surface area (Å²) in [5.74, 6) is 0.933. The first kappa shape index (κ1) is 27.0. The molecule has 1 aliphatic carbocycles. The number of allylic oxidation sites excluding steroid dienone is 3. The summed E-state index contributed by atoms with van der Waals surface area (Å²) >= 11 is 1.92. The van der Waals surface area contributed by atoms with Crippen LogP contribution >= 0.6 is 11.3 Å². The van der Waals surface area contributed by atoms with Gasteiger partial charge in [-0.3, -0.25) is 0 Å². The lowest BCUT2D eigenvalue weighted by molar-refractivity contribution is 0.421. The predicted molar refractivity (Wildman–Crippen MR) is 180 cm³/mol. The van der Waals surface area contributed by atoms with Gasteiger partial charge in [0.2, 0.25) is 0 Å². The molecule has 7 rings (SSSR count). The van der Waals surface area contributed by atoms with Crippen LogP contribution < -0.4 is 16.0 Å². The second-order valence-electron chi connectivity index (χ2n) is 12.8. The number of hydrogen-bond acceptors (Lipinski definition) is 6. The zero-order valence-electron chi connectivity index (χ0n) is 25.6. The number of aromatic nitrogens is 2. The van der Waals surface area contributed by atoms with Crippen molar-refractivity contribution in [1.82, 2.24) is 20.8 Å². The van der Waals surface area contributed by atoms with Gasteiger partial charge in [0.25, 0.3) is 0 Å². The minimum atomic E-state index is 0.309. The number of nitrogens with one attached hydrogen (secondary N) is 3. The van der Waals surface area contributed by atoms with Crippen LogP contribution in [0.2, 0.25) is 0 Å². The van der Waals surface area contributed by atoms with Crippen LogP contribution in [0, 0.1) is 18.8 Å². The highest BCUT2D eigenvalue weighted by molar-refractivity contribution is 7.22. The highest BCUT2D eigenvalue weighted by Gasteiger charge is 2.30. The maximum Gasteiger partial charge on any atom is 0.0986 e. The standard InChI is InChI=1S/C36H39N5S/c1-18(2)32(19(3)4)40-33-21(7)28-16-37-38-17-29(28)27-14-22(8-10-25(27)33)31-15-23-9-11-24-26(35(23)42-31)12-13-30-34(24)41-36(39-30)20(5)6/h8-11,14-18,20,36,39-41H,12-13H2,1-7H3. The summed E-state index contributed by atoms with van der Waals surface area (Å²) in [5, 5.41) is 25.9. The molecule has 2 aliphatic rings. The largest absolute Gasteiger partial charge is 0.367 e. The van der Waals surface area contributed by atoms with Gasteiger partial charge >= 0.3 is 0 Å². The van der Waals surface area contributed by atoms with E-state index in [4.69, 9.17) is 0 Å². The Hall–Kier alpha value is -3.90. The predicted octanol–water partition coefficient (Wildman–Crippen LogP) is 9.12. The van der Waals surface area contributed by atoms with Gasteiger partial charge < -0.3 is 16.0 Å². The molecule has 0 amide bonds. The molecule has 0 radical (unpaired) electrons. The zero-order chi connectivity index (χ0) is 29.3. The lowest BCUT2D eigenvalue weighted by Gasteiger charge is -2.21. The summed E-state index contributed by atoms with van der Waals surface area (Å²) in [7, 11) is 0. The van der Waals surface area contributed by atoms with Crippen molar-refractivity contribution < 1.29 is 0 Å². The molecule has 5 nitrogen and oxygen atoms in total. The fourth-order valence-corrected chi connectivity index (χ4v) is 8.03. The Morgan fingerprint density at radius 2 is 1.69 bits per heavy atom. The van der Waals surface area contributed by atoms with Crippen molar-refractivity contribution in [2.75, 3.05) is 5.32 Å². The molecule has 42 heavy (non-hydrogen) atoms. The summed E-state index contributed by atoms with van der Waals surface area (Å²) in [5.41, 5.74) is 11.7. The maximum absolute atomic E-state index is 4.29. The van der Waals surface area contributed by atoms with Gasteiger partial charge in [0.05, 0.1) is 24.3 Å². The van der Waals surface area contributed by atoms with E-state index in [1.807, 2.05) is 23.7 Å². The summed E-state index contributed by atoms with van der Waals surface area (Å²) in [6, 6.07) is 13.9. The highest BCUT2D eigenvalue weighted by Crippen LogP contribution is 2.44. The zero-order valence-corrected chi connectivity index (χ0v) is 26.4. The van der Waals surface area contributed by atoms with Crippen molar-refractivity contribution in [1.29, 1.82) is 0 Å². The molecule has 0 saturated carbocycles. The SMILES string of the molecule is CC(C)=C(Nc1c(C)c2cnncc2c2cc(-c3cc4ccc5c(c4s3)CCC3=C5NC(C(C)C)N3)ccc12)C(C)C.